The number of nitrogens with one attached hydrogen (secondary N) is 1. The summed E-state index contributed by atoms with van der Waals surface area (Å²) in [5.74, 6) is -0.432. The van der Waals surface area contributed by atoms with Crippen molar-refractivity contribution in [2.45, 2.75) is 37.6 Å². The van der Waals surface area contributed by atoms with Crippen molar-refractivity contribution in [3.8, 4) is 6.07 Å². The molecule has 0 spiro atoms. The number of benzene rings is 2. The summed E-state index contributed by atoms with van der Waals surface area (Å²) in [4.78, 5) is 31.1. The maximum Gasteiger partial charge on any atom is 0.416 e. The van der Waals surface area contributed by atoms with E-state index in [-0.39, 0.29) is 27.4 Å². The van der Waals surface area contributed by atoms with Crippen LogP contribution in [0.2, 0.25) is 5.02 Å². The van der Waals surface area contributed by atoms with Crippen molar-refractivity contribution in [2.24, 2.45) is 0 Å². The van der Waals surface area contributed by atoms with Crippen molar-refractivity contribution in [2.75, 3.05) is 16.8 Å². The zero-order chi connectivity index (χ0) is 25.2. The van der Waals surface area contributed by atoms with Crippen LogP contribution in [0.15, 0.2) is 36.4 Å². The zero-order valence-corrected chi connectivity index (χ0v) is 19.7. The zero-order valence-electron chi connectivity index (χ0n) is 18.1. The molecule has 0 aromatic heterocycles. The molecule has 7 nitrogen and oxygen atoms in total. The van der Waals surface area contributed by atoms with Crippen LogP contribution in [0.25, 0.3) is 0 Å². The Morgan fingerprint density at radius 3 is 2.69 bits per heavy atom. The molecule has 3 aliphatic heterocycles. The van der Waals surface area contributed by atoms with E-state index in [0.717, 1.165) is 17.0 Å². The topological polar surface area (TPSA) is 79.7 Å². The van der Waals surface area contributed by atoms with Crippen LogP contribution >= 0.6 is 23.8 Å². The minimum Gasteiger partial charge on any atom is -0.341 e. The summed E-state index contributed by atoms with van der Waals surface area (Å²) in [6, 6.07) is 7.72. The minimum absolute atomic E-state index is 0.175. The molecular weight excluding hydrogens is 503 g/mol. The smallest absolute Gasteiger partial charge is 0.341 e. The van der Waals surface area contributed by atoms with E-state index in [2.05, 4.69) is 5.32 Å². The predicted octanol–water partition coefficient (Wildman–Crippen LogP) is 4.53. The summed E-state index contributed by atoms with van der Waals surface area (Å²) in [7, 11) is 0. The molecule has 3 atom stereocenters. The Balaban J connectivity index is 1.38. The summed E-state index contributed by atoms with van der Waals surface area (Å²) < 4.78 is 39.2. The third-order valence-electron chi connectivity index (χ3n) is 6.69. The molecule has 3 fully saturated rings. The number of alkyl halides is 3. The van der Waals surface area contributed by atoms with Crippen LogP contribution in [0, 0.1) is 18.3 Å². The van der Waals surface area contributed by atoms with E-state index in [1.807, 2.05) is 6.07 Å². The van der Waals surface area contributed by atoms with Gasteiger partial charge < -0.3 is 15.1 Å². The average molecular weight is 520 g/mol. The van der Waals surface area contributed by atoms with Crippen molar-refractivity contribution in [1.82, 2.24) is 9.80 Å². The Labute approximate surface area is 208 Å². The molecule has 3 heterocycles. The number of fused-ring (bicyclic) bond motifs is 5. The van der Waals surface area contributed by atoms with Crippen molar-refractivity contribution in [1.29, 1.82) is 5.26 Å². The minimum atomic E-state index is -4.49. The second-order valence-electron chi connectivity index (χ2n) is 8.61. The van der Waals surface area contributed by atoms with E-state index in [9.17, 15) is 28.0 Å². The van der Waals surface area contributed by atoms with Gasteiger partial charge in [0.2, 0.25) is 0 Å². The molecule has 2 aromatic rings. The lowest BCUT2D eigenvalue weighted by Crippen LogP contribution is -2.55. The van der Waals surface area contributed by atoms with Crippen LogP contribution in [0.4, 0.5) is 29.3 Å². The van der Waals surface area contributed by atoms with E-state index in [0.29, 0.717) is 24.2 Å². The molecule has 12 heteroatoms. The number of halogens is 4. The molecule has 0 radical (unpaired) electrons. The second kappa shape index (κ2) is 8.10. The molecule has 5 rings (SSSR count). The van der Waals surface area contributed by atoms with Crippen LogP contribution in [0.3, 0.4) is 0 Å². The number of anilines is 2. The fourth-order valence-corrected chi connectivity index (χ4v) is 5.61. The summed E-state index contributed by atoms with van der Waals surface area (Å²) >= 11 is 11.7. The standard InChI is InChI=1S/C23H17ClF3N5O2S/c1-11-16(6-5-12(9-28)18(11)24)32-20(33)19-17-8-15(31(19)22(32)34)10-30(17)21(35)29-14-4-2-3-13(7-14)23(25,26)27/h2-7,15,17,19H,8,10H2,1H3,(H,29,35). The van der Waals surface area contributed by atoms with Crippen LogP contribution in [-0.4, -0.2) is 51.5 Å². The number of carbonyl (C=O) groups is 2. The van der Waals surface area contributed by atoms with Gasteiger partial charge in [0.1, 0.15) is 12.1 Å². The second-order valence-corrected chi connectivity index (χ2v) is 9.37. The number of rotatable bonds is 2. The van der Waals surface area contributed by atoms with Gasteiger partial charge in [0.25, 0.3) is 5.91 Å². The lowest BCUT2D eigenvalue weighted by molar-refractivity contribution is -0.137. The molecule has 2 bridgehead atoms. The van der Waals surface area contributed by atoms with Crippen molar-refractivity contribution >= 4 is 52.2 Å². The van der Waals surface area contributed by atoms with Gasteiger partial charge in [0.05, 0.1) is 33.9 Å². The van der Waals surface area contributed by atoms with Gasteiger partial charge in [-0.2, -0.15) is 18.4 Å². The third kappa shape index (κ3) is 3.59. The summed E-state index contributed by atoms with van der Waals surface area (Å²) in [5.41, 5.74) is 0.379. The maximum absolute atomic E-state index is 13.4. The summed E-state index contributed by atoms with van der Waals surface area (Å²) in [6.07, 6.45) is -3.97. The Kier molecular flexibility index (Phi) is 5.41. The molecule has 1 N–H and O–H groups in total. The number of nitrogens with zero attached hydrogens (tertiary/aromatic N) is 4. The molecule has 0 saturated carbocycles. The fraction of sp³-hybridized carbons (Fsp3) is 0.304. The Hall–Kier alpha value is -3.36. The Morgan fingerprint density at radius 2 is 2.00 bits per heavy atom. The molecule has 2 aromatic carbocycles. The largest absolute Gasteiger partial charge is 0.416 e. The molecule has 180 valence electrons. The van der Waals surface area contributed by atoms with Crippen molar-refractivity contribution < 1.29 is 22.8 Å². The van der Waals surface area contributed by atoms with Crippen LogP contribution in [-0.2, 0) is 11.0 Å². The van der Waals surface area contributed by atoms with Gasteiger partial charge in [-0.25, -0.2) is 9.69 Å². The first-order chi connectivity index (χ1) is 16.5. The van der Waals surface area contributed by atoms with Crippen molar-refractivity contribution in [3.63, 3.8) is 0 Å². The van der Waals surface area contributed by atoms with Gasteiger partial charge in [-0.1, -0.05) is 17.7 Å². The number of urea groups is 1. The SMILES string of the molecule is Cc1c(N2C(=O)C3C4CC(CN4C(=S)Nc4cccc(C(F)(F)F)c4)N3C2=O)ccc(C#N)c1Cl. The number of amides is 3. The van der Waals surface area contributed by atoms with Gasteiger partial charge in [0.15, 0.2) is 5.11 Å². The first-order valence-electron chi connectivity index (χ1n) is 10.6. The summed E-state index contributed by atoms with van der Waals surface area (Å²) in [5, 5.41) is 12.4. The Morgan fingerprint density at radius 1 is 1.26 bits per heavy atom. The van der Waals surface area contributed by atoms with Gasteiger partial charge >= 0.3 is 12.2 Å². The highest BCUT2D eigenvalue weighted by Crippen LogP contribution is 2.44. The molecule has 3 unspecified atom stereocenters. The number of hydrogen-bond donors (Lipinski definition) is 1. The van der Waals surface area contributed by atoms with Crippen molar-refractivity contribution in [3.05, 3.63) is 58.1 Å². The molecule has 3 amide bonds. The first-order valence-corrected chi connectivity index (χ1v) is 11.4. The number of thiocarbonyl (C=S) groups is 1. The average Bonchev–Trinajstić information content (AvgIpc) is 3.47. The van der Waals surface area contributed by atoms with Gasteiger partial charge in [-0.3, -0.25) is 4.79 Å². The maximum atomic E-state index is 13.4. The molecule has 3 aliphatic rings. The first kappa shape index (κ1) is 23.4. The van der Waals surface area contributed by atoms with E-state index in [1.54, 1.807) is 16.7 Å². The number of likely N-dealkylation sites (tertiary alicyclic amines) is 1. The number of hydrogen-bond acceptors (Lipinski definition) is 4. The summed E-state index contributed by atoms with van der Waals surface area (Å²) in [6.45, 7) is 1.99. The van der Waals surface area contributed by atoms with E-state index in [1.165, 1.54) is 24.3 Å². The monoisotopic (exact) mass is 519 g/mol. The highest BCUT2D eigenvalue weighted by molar-refractivity contribution is 7.80. The highest BCUT2D eigenvalue weighted by Gasteiger charge is 2.62. The molecule has 3 saturated heterocycles. The number of piperazine rings is 1. The van der Waals surface area contributed by atoms with E-state index >= 15 is 0 Å². The number of carbonyl (C=O) groups excluding carboxylic acids is 2. The van der Waals surface area contributed by atoms with Gasteiger partial charge in [-0.05, 0) is 61.5 Å². The van der Waals surface area contributed by atoms with E-state index in [4.69, 9.17) is 23.8 Å². The third-order valence-corrected chi connectivity index (χ3v) is 7.51. The van der Waals surface area contributed by atoms with Crippen LogP contribution in [0.1, 0.15) is 23.1 Å². The Bertz CT molecular complexity index is 1330. The predicted molar refractivity (Wildman–Crippen MR) is 126 cm³/mol. The lowest BCUT2D eigenvalue weighted by atomic mass is 10.1. The molecular formula is C23H17ClF3N5O2S. The van der Waals surface area contributed by atoms with Gasteiger partial charge in [0, 0.05) is 12.2 Å². The van der Waals surface area contributed by atoms with Gasteiger partial charge in [-0.15, -0.1) is 0 Å². The molecule has 35 heavy (non-hydrogen) atoms. The fourth-order valence-electron chi connectivity index (χ4n) is 5.08. The molecule has 0 aliphatic carbocycles. The van der Waals surface area contributed by atoms with E-state index < -0.39 is 35.8 Å². The normalized spacial score (nSPS) is 23.1. The number of nitriles is 1. The quantitative estimate of drug-likeness (QED) is 0.464. The lowest BCUT2D eigenvalue weighted by Gasteiger charge is -2.36. The van der Waals surface area contributed by atoms with Crippen LogP contribution < -0.4 is 10.2 Å². The highest BCUT2D eigenvalue weighted by atomic mass is 35.5. The number of imide groups is 1. The van der Waals surface area contributed by atoms with Crippen LogP contribution in [0.5, 0.6) is 0 Å².